The maximum atomic E-state index is 12.5. The Morgan fingerprint density at radius 1 is 1.12 bits per heavy atom. The summed E-state index contributed by atoms with van der Waals surface area (Å²) >= 11 is 0. The molecule has 0 spiro atoms. The molecule has 2 amide bonds. The van der Waals surface area contributed by atoms with E-state index in [2.05, 4.69) is 22.0 Å². The van der Waals surface area contributed by atoms with Crippen molar-refractivity contribution >= 4 is 17.5 Å². The van der Waals surface area contributed by atoms with E-state index in [0.29, 0.717) is 24.4 Å². The van der Waals surface area contributed by atoms with Gasteiger partial charge in [0.25, 0.3) is 0 Å². The van der Waals surface area contributed by atoms with Crippen molar-refractivity contribution in [1.82, 2.24) is 10.6 Å². The molecule has 3 N–H and O–H groups in total. The van der Waals surface area contributed by atoms with Crippen molar-refractivity contribution in [2.45, 2.75) is 32.0 Å². The lowest BCUT2D eigenvalue weighted by atomic mass is 9.95. The standard InChI is InChI=1S/C20H23N3O3/c1-13(19(24)23-16-7-9-17(26-2)10-8-16)22-20(25)18-11-14-5-3-4-6-15(14)12-21-18/h3-10,13,18,21H,11-12H2,1-2H3,(H,22,25)(H,23,24)/t13-,18-/m0/s1. The van der Waals surface area contributed by atoms with Gasteiger partial charge in [-0.3, -0.25) is 9.59 Å². The van der Waals surface area contributed by atoms with Gasteiger partial charge in [0.05, 0.1) is 13.2 Å². The molecule has 26 heavy (non-hydrogen) atoms. The number of hydrogen-bond donors (Lipinski definition) is 3. The topological polar surface area (TPSA) is 79.5 Å². The first-order valence-electron chi connectivity index (χ1n) is 8.62. The largest absolute Gasteiger partial charge is 0.497 e. The number of hydrogen-bond acceptors (Lipinski definition) is 4. The summed E-state index contributed by atoms with van der Waals surface area (Å²) in [5.74, 6) is 0.282. The van der Waals surface area contributed by atoms with E-state index in [9.17, 15) is 9.59 Å². The fourth-order valence-corrected chi connectivity index (χ4v) is 2.94. The summed E-state index contributed by atoms with van der Waals surface area (Å²) in [5, 5.41) is 8.80. The predicted octanol–water partition coefficient (Wildman–Crippen LogP) is 1.85. The summed E-state index contributed by atoms with van der Waals surface area (Å²) in [6.45, 7) is 2.33. The number of rotatable bonds is 5. The van der Waals surface area contributed by atoms with Crippen LogP contribution < -0.4 is 20.7 Å². The van der Waals surface area contributed by atoms with Crippen LogP contribution in [0.3, 0.4) is 0 Å². The van der Waals surface area contributed by atoms with Crippen LogP contribution in [0.1, 0.15) is 18.1 Å². The van der Waals surface area contributed by atoms with E-state index in [1.54, 1.807) is 38.3 Å². The zero-order valence-electron chi connectivity index (χ0n) is 14.9. The van der Waals surface area contributed by atoms with Gasteiger partial charge < -0.3 is 20.7 Å². The molecule has 0 fully saturated rings. The lowest BCUT2D eigenvalue weighted by Gasteiger charge is -2.26. The van der Waals surface area contributed by atoms with Crippen LogP contribution in [0.4, 0.5) is 5.69 Å². The molecule has 2 aromatic rings. The smallest absolute Gasteiger partial charge is 0.246 e. The molecule has 2 atom stereocenters. The maximum absolute atomic E-state index is 12.5. The quantitative estimate of drug-likeness (QED) is 0.766. The lowest BCUT2D eigenvalue weighted by molar-refractivity contribution is -0.127. The maximum Gasteiger partial charge on any atom is 0.246 e. The molecule has 0 aliphatic carbocycles. The van der Waals surface area contributed by atoms with Crippen molar-refractivity contribution < 1.29 is 14.3 Å². The highest BCUT2D eigenvalue weighted by Crippen LogP contribution is 2.17. The van der Waals surface area contributed by atoms with E-state index < -0.39 is 6.04 Å². The minimum Gasteiger partial charge on any atom is -0.497 e. The van der Waals surface area contributed by atoms with Crippen LogP contribution in [0.15, 0.2) is 48.5 Å². The molecule has 136 valence electrons. The molecular weight excluding hydrogens is 330 g/mol. The van der Waals surface area contributed by atoms with Crippen LogP contribution in [0.5, 0.6) is 5.75 Å². The lowest BCUT2D eigenvalue weighted by Crippen LogP contribution is -2.52. The summed E-state index contributed by atoms with van der Waals surface area (Å²) in [5.41, 5.74) is 3.03. The van der Waals surface area contributed by atoms with Gasteiger partial charge in [-0.2, -0.15) is 0 Å². The van der Waals surface area contributed by atoms with E-state index in [-0.39, 0.29) is 17.9 Å². The molecule has 0 saturated heterocycles. The molecule has 0 radical (unpaired) electrons. The third kappa shape index (κ3) is 4.21. The number of amides is 2. The van der Waals surface area contributed by atoms with Crippen molar-refractivity contribution in [1.29, 1.82) is 0 Å². The minimum absolute atomic E-state index is 0.170. The number of benzene rings is 2. The van der Waals surface area contributed by atoms with Gasteiger partial charge in [0.2, 0.25) is 11.8 Å². The average molecular weight is 353 g/mol. The zero-order chi connectivity index (χ0) is 18.5. The Hall–Kier alpha value is -2.86. The van der Waals surface area contributed by atoms with Gasteiger partial charge in [0.15, 0.2) is 0 Å². The van der Waals surface area contributed by atoms with Crippen LogP contribution in [0.25, 0.3) is 0 Å². The molecule has 0 saturated carbocycles. The molecule has 0 bridgehead atoms. The third-order valence-electron chi connectivity index (χ3n) is 4.51. The number of fused-ring (bicyclic) bond motifs is 1. The highest BCUT2D eigenvalue weighted by molar-refractivity contribution is 5.97. The molecule has 1 heterocycles. The second-order valence-electron chi connectivity index (χ2n) is 6.35. The Morgan fingerprint density at radius 3 is 2.50 bits per heavy atom. The second-order valence-corrected chi connectivity index (χ2v) is 6.35. The zero-order valence-corrected chi connectivity index (χ0v) is 14.9. The Morgan fingerprint density at radius 2 is 1.81 bits per heavy atom. The molecular formula is C20H23N3O3. The number of nitrogens with one attached hydrogen (secondary N) is 3. The SMILES string of the molecule is COc1ccc(NC(=O)[C@H](C)NC(=O)[C@@H]2Cc3ccccc3CN2)cc1. The van der Waals surface area contributed by atoms with Crippen LogP contribution >= 0.6 is 0 Å². The van der Waals surface area contributed by atoms with Gasteiger partial charge >= 0.3 is 0 Å². The Balaban J connectivity index is 1.54. The molecule has 1 aliphatic heterocycles. The van der Waals surface area contributed by atoms with Gasteiger partial charge in [-0.15, -0.1) is 0 Å². The van der Waals surface area contributed by atoms with Crippen molar-refractivity contribution in [3.05, 3.63) is 59.7 Å². The highest BCUT2D eigenvalue weighted by Gasteiger charge is 2.26. The van der Waals surface area contributed by atoms with Gasteiger partial charge in [0, 0.05) is 12.2 Å². The molecule has 2 aromatic carbocycles. The van der Waals surface area contributed by atoms with Crippen LogP contribution in [0, 0.1) is 0 Å². The van der Waals surface area contributed by atoms with E-state index in [1.807, 2.05) is 18.2 Å². The summed E-state index contributed by atoms with van der Waals surface area (Å²) < 4.78 is 5.09. The Bertz CT molecular complexity index is 789. The summed E-state index contributed by atoms with van der Waals surface area (Å²) in [6, 6.07) is 14.1. The first kappa shape index (κ1) is 17.9. The number of anilines is 1. The fourth-order valence-electron chi connectivity index (χ4n) is 2.94. The predicted molar refractivity (Wildman–Crippen MR) is 100 cm³/mol. The van der Waals surface area contributed by atoms with E-state index in [1.165, 1.54) is 11.1 Å². The number of methoxy groups -OCH3 is 1. The van der Waals surface area contributed by atoms with Gasteiger partial charge in [0.1, 0.15) is 11.8 Å². The fraction of sp³-hybridized carbons (Fsp3) is 0.300. The van der Waals surface area contributed by atoms with Crippen molar-refractivity contribution in [3.63, 3.8) is 0 Å². The van der Waals surface area contributed by atoms with Crippen molar-refractivity contribution in [2.75, 3.05) is 12.4 Å². The number of carbonyl (C=O) groups excluding carboxylic acids is 2. The first-order valence-corrected chi connectivity index (χ1v) is 8.62. The van der Waals surface area contributed by atoms with Crippen LogP contribution in [-0.2, 0) is 22.6 Å². The average Bonchev–Trinajstić information content (AvgIpc) is 2.68. The molecule has 0 aromatic heterocycles. The number of ether oxygens (including phenoxy) is 1. The van der Waals surface area contributed by atoms with Gasteiger partial charge in [-0.05, 0) is 48.7 Å². The Kier molecular flexibility index (Phi) is 5.53. The molecule has 3 rings (SSSR count). The minimum atomic E-state index is -0.636. The molecule has 6 nitrogen and oxygen atoms in total. The van der Waals surface area contributed by atoms with Gasteiger partial charge in [-0.1, -0.05) is 24.3 Å². The molecule has 0 unspecified atom stereocenters. The normalized spacial score (nSPS) is 16.9. The van der Waals surface area contributed by atoms with Crippen LogP contribution in [-0.4, -0.2) is 31.0 Å². The Labute approximate surface area is 152 Å². The second kappa shape index (κ2) is 8.01. The first-order chi connectivity index (χ1) is 12.6. The van der Waals surface area contributed by atoms with E-state index >= 15 is 0 Å². The third-order valence-corrected chi connectivity index (χ3v) is 4.51. The summed E-state index contributed by atoms with van der Waals surface area (Å²) in [4.78, 5) is 24.8. The van der Waals surface area contributed by atoms with Crippen molar-refractivity contribution in [2.24, 2.45) is 0 Å². The van der Waals surface area contributed by atoms with E-state index in [4.69, 9.17) is 4.74 Å². The summed E-state index contributed by atoms with van der Waals surface area (Å²) in [7, 11) is 1.59. The van der Waals surface area contributed by atoms with Gasteiger partial charge in [-0.25, -0.2) is 0 Å². The highest BCUT2D eigenvalue weighted by atomic mass is 16.5. The molecule has 6 heteroatoms. The van der Waals surface area contributed by atoms with E-state index in [0.717, 1.165) is 0 Å². The van der Waals surface area contributed by atoms with Crippen molar-refractivity contribution in [3.8, 4) is 5.75 Å². The summed E-state index contributed by atoms with van der Waals surface area (Å²) in [6.07, 6.45) is 0.620. The molecule has 1 aliphatic rings. The monoisotopic (exact) mass is 353 g/mol. The van der Waals surface area contributed by atoms with Crippen LogP contribution in [0.2, 0.25) is 0 Å². The number of carbonyl (C=O) groups is 2.